The number of rotatable bonds is 5. The predicted molar refractivity (Wildman–Crippen MR) is 68.5 cm³/mol. The lowest BCUT2D eigenvalue weighted by molar-refractivity contribution is -0.136. The van der Waals surface area contributed by atoms with Crippen LogP contribution in [0.4, 0.5) is 5.69 Å². The van der Waals surface area contributed by atoms with Gasteiger partial charge in [0.1, 0.15) is 0 Å². The van der Waals surface area contributed by atoms with Gasteiger partial charge in [0.05, 0.1) is 17.9 Å². The molecule has 0 radical (unpaired) electrons. The SMILES string of the molecule is Cc1c(Br)cccc1NS(=O)(=O)CCC(=O)O. The van der Waals surface area contributed by atoms with E-state index >= 15 is 0 Å². The molecule has 0 saturated carbocycles. The van der Waals surface area contributed by atoms with Crippen LogP contribution in [0, 0.1) is 6.92 Å². The van der Waals surface area contributed by atoms with Crippen molar-refractivity contribution in [1.82, 2.24) is 0 Å². The molecule has 94 valence electrons. The van der Waals surface area contributed by atoms with Crippen LogP contribution in [0.5, 0.6) is 0 Å². The monoisotopic (exact) mass is 321 g/mol. The molecule has 0 spiro atoms. The summed E-state index contributed by atoms with van der Waals surface area (Å²) in [6, 6.07) is 5.12. The number of anilines is 1. The van der Waals surface area contributed by atoms with Crippen LogP contribution in [-0.2, 0) is 14.8 Å². The molecule has 0 unspecified atom stereocenters. The van der Waals surface area contributed by atoms with Gasteiger partial charge in [-0.2, -0.15) is 0 Å². The maximum Gasteiger partial charge on any atom is 0.304 e. The van der Waals surface area contributed by atoms with Gasteiger partial charge in [-0.15, -0.1) is 0 Å². The number of carbonyl (C=O) groups is 1. The Bertz CT molecular complexity index is 527. The molecule has 0 aliphatic heterocycles. The highest BCUT2D eigenvalue weighted by Gasteiger charge is 2.14. The van der Waals surface area contributed by atoms with E-state index in [4.69, 9.17) is 5.11 Å². The van der Waals surface area contributed by atoms with Gasteiger partial charge >= 0.3 is 5.97 Å². The molecule has 5 nitrogen and oxygen atoms in total. The highest BCUT2D eigenvalue weighted by molar-refractivity contribution is 9.10. The van der Waals surface area contributed by atoms with E-state index in [9.17, 15) is 13.2 Å². The Morgan fingerprint density at radius 2 is 2.12 bits per heavy atom. The number of carboxylic acids is 1. The predicted octanol–water partition coefficient (Wildman–Crippen LogP) is 1.97. The van der Waals surface area contributed by atoms with E-state index in [1.165, 1.54) is 0 Å². The lowest BCUT2D eigenvalue weighted by Crippen LogP contribution is -2.19. The first-order chi connectivity index (χ1) is 7.82. The minimum Gasteiger partial charge on any atom is -0.481 e. The molecule has 0 amide bonds. The Labute approximate surface area is 108 Å². The van der Waals surface area contributed by atoms with Crippen molar-refractivity contribution in [2.24, 2.45) is 0 Å². The first kappa shape index (κ1) is 14.0. The van der Waals surface area contributed by atoms with Gasteiger partial charge in [-0.05, 0) is 24.6 Å². The third-order valence-electron chi connectivity index (χ3n) is 2.12. The third-order valence-corrected chi connectivity index (χ3v) is 4.25. The minimum absolute atomic E-state index is 0.414. The van der Waals surface area contributed by atoms with E-state index in [0.717, 1.165) is 10.0 Å². The van der Waals surface area contributed by atoms with Crippen LogP contribution in [0.15, 0.2) is 22.7 Å². The second kappa shape index (κ2) is 5.50. The van der Waals surface area contributed by atoms with Gasteiger partial charge in [-0.3, -0.25) is 9.52 Å². The number of hydrogen-bond acceptors (Lipinski definition) is 3. The molecule has 0 fully saturated rings. The van der Waals surface area contributed by atoms with Crippen molar-refractivity contribution in [3.05, 3.63) is 28.2 Å². The lowest BCUT2D eigenvalue weighted by Gasteiger charge is -2.10. The topological polar surface area (TPSA) is 83.5 Å². The molecular formula is C10H12BrNO4S. The van der Waals surface area contributed by atoms with Crippen molar-refractivity contribution in [1.29, 1.82) is 0 Å². The number of nitrogens with one attached hydrogen (secondary N) is 1. The molecule has 0 aliphatic carbocycles. The zero-order chi connectivity index (χ0) is 13.1. The first-order valence-electron chi connectivity index (χ1n) is 4.79. The van der Waals surface area contributed by atoms with Crippen molar-refractivity contribution in [2.45, 2.75) is 13.3 Å². The number of hydrogen-bond donors (Lipinski definition) is 2. The van der Waals surface area contributed by atoms with Gasteiger partial charge in [-0.1, -0.05) is 22.0 Å². The average Bonchev–Trinajstić information content (AvgIpc) is 2.22. The van der Waals surface area contributed by atoms with Crippen LogP contribution < -0.4 is 4.72 Å². The summed E-state index contributed by atoms with van der Waals surface area (Å²) in [6.07, 6.45) is -0.414. The fourth-order valence-electron chi connectivity index (χ4n) is 1.16. The molecule has 17 heavy (non-hydrogen) atoms. The van der Waals surface area contributed by atoms with Crippen molar-refractivity contribution in [3.63, 3.8) is 0 Å². The van der Waals surface area contributed by atoms with E-state index in [2.05, 4.69) is 20.7 Å². The average molecular weight is 322 g/mol. The van der Waals surface area contributed by atoms with Crippen LogP contribution >= 0.6 is 15.9 Å². The van der Waals surface area contributed by atoms with Crippen LogP contribution in [-0.4, -0.2) is 25.2 Å². The highest BCUT2D eigenvalue weighted by Crippen LogP contribution is 2.24. The van der Waals surface area contributed by atoms with Crippen molar-refractivity contribution in [2.75, 3.05) is 10.5 Å². The molecule has 1 aromatic carbocycles. The third kappa shape index (κ3) is 4.35. The van der Waals surface area contributed by atoms with E-state index in [1.54, 1.807) is 25.1 Å². The molecule has 0 heterocycles. The molecule has 0 atom stereocenters. The van der Waals surface area contributed by atoms with Gasteiger partial charge in [-0.25, -0.2) is 8.42 Å². The maximum absolute atomic E-state index is 11.6. The standard InChI is InChI=1S/C10H12BrNO4S/c1-7-8(11)3-2-4-9(7)12-17(15,16)6-5-10(13)14/h2-4,12H,5-6H2,1H3,(H,13,14). The summed E-state index contributed by atoms with van der Waals surface area (Å²) in [5.41, 5.74) is 1.20. The van der Waals surface area contributed by atoms with Gasteiger partial charge in [0.25, 0.3) is 0 Å². The molecule has 0 bridgehead atoms. The van der Waals surface area contributed by atoms with Crippen molar-refractivity contribution < 1.29 is 18.3 Å². The molecule has 2 N–H and O–H groups in total. The Hall–Kier alpha value is -1.08. The molecule has 0 saturated heterocycles. The van der Waals surface area contributed by atoms with Crippen molar-refractivity contribution in [3.8, 4) is 0 Å². The van der Waals surface area contributed by atoms with Gasteiger partial charge in [0.15, 0.2) is 0 Å². The van der Waals surface area contributed by atoms with Gasteiger partial charge in [0, 0.05) is 4.47 Å². The molecule has 1 rings (SSSR count). The lowest BCUT2D eigenvalue weighted by atomic mass is 10.2. The number of benzene rings is 1. The summed E-state index contributed by atoms with van der Waals surface area (Å²) in [5, 5.41) is 8.44. The van der Waals surface area contributed by atoms with E-state index in [0.29, 0.717) is 5.69 Å². The van der Waals surface area contributed by atoms with Gasteiger partial charge in [0.2, 0.25) is 10.0 Å². The first-order valence-corrected chi connectivity index (χ1v) is 7.24. The fourth-order valence-corrected chi connectivity index (χ4v) is 2.63. The van der Waals surface area contributed by atoms with E-state index < -0.39 is 28.2 Å². The Kier molecular flexibility index (Phi) is 4.53. The second-order valence-electron chi connectivity index (χ2n) is 3.48. The van der Waals surface area contributed by atoms with E-state index in [1.807, 2.05) is 0 Å². The molecular weight excluding hydrogens is 310 g/mol. The smallest absolute Gasteiger partial charge is 0.304 e. The number of carboxylic acid groups (broad SMARTS) is 1. The second-order valence-corrected chi connectivity index (χ2v) is 6.17. The molecule has 1 aromatic rings. The summed E-state index contributed by atoms with van der Waals surface area (Å²) < 4.78 is 26.3. The summed E-state index contributed by atoms with van der Waals surface area (Å²) in [4.78, 5) is 10.3. The zero-order valence-electron chi connectivity index (χ0n) is 9.10. The van der Waals surface area contributed by atoms with Gasteiger partial charge < -0.3 is 5.11 Å². The molecule has 7 heteroatoms. The Morgan fingerprint density at radius 1 is 1.47 bits per heavy atom. The van der Waals surface area contributed by atoms with Crippen molar-refractivity contribution >= 4 is 37.6 Å². The summed E-state index contributed by atoms with van der Waals surface area (Å²) in [7, 11) is -3.62. The number of halogens is 1. The zero-order valence-corrected chi connectivity index (χ0v) is 11.5. The van der Waals surface area contributed by atoms with E-state index in [-0.39, 0.29) is 0 Å². The van der Waals surface area contributed by atoms with Crippen LogP contribution in [0.25, 0.3) is 0 Å². The quantitative estimate of drug-likeness (QED) is 0.868. The Morgan fingerprint density at radius 3 is 2.71 bits per heavy atom. The normalized spacial score (nSPS) is 11.2. The number of aliphatic carboxylic acids is 1. The van der Waals surface area contributed by atoms with Crippen LogP contribution in [0.3, 0.4) is 0 Å². The molecule has 0 aromatic heterocycles. The Balaban J connectivity index is 2.83. The number of sulfonamides is 1. The molecule has 0 aliphatic rings. The maximum atomic E-state index is 11.6. The summed E-state index contributed by atoms with van der Waals surface area (Å²) in [5.74, 6) is -1.57. The largest absolute Gasteiger partial charge is 0.481 e. The minimum atomic E-state index is -3.62. The highest BCUT2D eigenvalue weighted by atomic mass is 79.9. The van der Waals surface area contributed by atoms with Crippen LogP contribution in [0.1, 0.15) is 12.0 Å². The fraction of sp³-hybridized carbons (Fsp3) is 0.300. The van der Waals surface area contributed by atoms with Crippen LogP contribution in [0.2, 0.25) is 0 Å². The summed E-state index contributed by atoms with van der Waals surface area (Å²) in [6.45, 7) is 1.76. The summed E-state index contributed by atoms with van der Waals surface area (Å²) >= 11 is 3.29.